The third-order valence-electron chi connectivity index (χ3n) is 2.86. The molecular formula is C13H14ClFN2O3S. The van der Waals surface area contributed by atoms with Crippen molar-refractivity contribution >= 4 is 27.3 Å². The van der Waals surface area contributed by atoms with Crippen LogP contribution >= 0.6 is 11.6 Å². The van der Waals surface area contributed by atoms with Crippen molar-refractivity contribution in [2.24, 2.45) is 0 Å². The molecule has 0 saturated carbocycles. The standard InChI is InChI=1S/C13H14ClFN2O3S/c1-7-3-4-12(20-7)8(2)17-21(18,19)13-6-11(16)10(15)5-9(13)14/h3-6,8,17H,16H2,1-2H3. The molecule has 114 valence electrons. The second-order valence-corrected chi connectivity index (χ2v) is 6.69. The van der Waals surface area contributed by atoms with E-state index in [0.717, 1.165) is 12.1 Å². The summed E-state index contributed by atoms with van der Waals surface area (Å²) in [5, 5.41) is -0.239. The highest BCUT2D eigenvalue weighted by Crippen LogP contribution is 2.27. The van der Waals surface area contributed by atoms with E-state index in [9.17, 15) is 12.8 Å². The normalized spacial score (nSPS) is 13.3. The van der Waals surface area contributed by atoms with Gasteiger partial charge in [-0.05, 0) is 38.1 Å². The van der Waals surface area contributed by atoms with E-state index in [1.54, 1.807) is 26.0 Å². The average Bonchev–Trinajstić information content (AvgIpc) is 2.80. The molecule has 1 aromatic heterocycles. The van der Waals surface area contributed by atoms with Crippen LogP contribution in [0.2, 0.25) is 5.02 Å². The van der Waals surface area contributed by atoms with Gasteiger partial charge in [-0.15, -0.1) is 0 Å². The molecule has 1 aromatic carbocycles. The molecule has 2 rings (SSSR count). The maximum absolute atomic E-state index is 13.2. The van der Waals surface area contributed by atoms with Gasteiger partial charge in [0, 0.05) is 0 Å². The molecule has 8 heteroatoms. The van der Waals surface area contributed by atoms with Crippen molar-refractivity contribution in [1.29, 1.82) is 0 Å². The van der Waals surface area contributed by atoms with Gasteiger partial charge in [-0.25, -0.2) is 17.5 Å². The maximum atomic E-state index is 13.2. The molecule has 21 heavy (non-hydrogen) atoms. The summed E-state index contributed by atoms with van der Waals surface area (Å²) in [5.41, 5.74) is 5.10. The molecule has 3 N–H and O–H groups in total. The highest BCUT2D eigenvalue weighted by atomic mass is 35.5. The van der Waals surface area contributed by atoms with Crippen LogP contribution in [0.1, 0.15) is 24.5 Å². The fourth-order valence-electron chi connectivity index (χ4n) is 1.79. The number of nitrogens with one attached hydrogen (secondary N) is 1. The summed E-state index contributed by atoms with van der Waals surface area (Å²) in [6.45, 7) is 3.37. The molecule has 0 radical (unpaired) electrons. The highest BCUT2D eigenvalue weighted by molar-refractivity contribution is 7.89. The lowest BCUT2D eigenvalue weighted by molar-refractivity contribution is 0.441. The van der Waals surface area contributed by atoms with Crippen molar-refractivity contribution in [1.82, 2.24) is 4.72 Å². The van der Waals surface area contributed by atoms with Gasteiger partial charge in [0.15, 0.2) is 0 Å². The molecule has 0 aliphatic carbocycles. The molecule has 1 heterocycles. The van der Waals surface area contributed by atoms with Crippen LogP contribution in [0.3, 0.4) is 0 Å². The van der Waals surface area contributed by atoms with Crippen LogP contribution in [-0.2, 0) is 10.0 Å². The van der Waals surface area contributed by atoms with E-state index in [1.807, 2.05) is 0 Å². The van der Waals surface area contributed by atoms with E-state index in [2.05, 4.69) is 4.72 Å². The molecule has 0 amide bonds. The van der Waals surface area contributed by atoms with E-state index in [1.165, 1.54) is 0 Å². The molecule has 0 saturated heterocycles. The van der Waals surface area contributed by atoms with E-state index in [-0.39, 0.29) is 15.6 Å². The number of anilines is 1. The monoisotopic (exact) mass is 332 g/mol. The third-order valence-corrected chi connectivity index (χ3v) is 4.87. The Hall–Kier alpha value is -1.57. The first-order valence-corrected chi connectivity index (χ1v) is 7.90. The molecule has 1 unspecified atom stereocenters. The largest absolute Gasteiger partial charge is 0.465 e. The van der Waals surface area contributed by atoms with Crippen molar-refractivity contribution in [3.05, 3.63) is 46.6 Å². The van der Waals surface area contributed by atoms with Gasteiger partial charge >= 0.3 is 0 Å². The van der Waals surface area contributed by atoms with Gasteiger partial charge in [0.2, 0.25) is 10.0 Å². The molecule has 5 nitrogen and oxygen atoms in total. The maximum Gasteiger partial charge on any atom is 0.242 e. The summed E-state index contributed by atoms with van der Waals surface area (Å²) < 4.78 is 45.6. The summed E-state index contributed by atoms with van der Waals surface area (Å²) in [7, 11) is -3.96. The van der Waals surface area contributed by atoms with Crippen molar-refractivity contribution in [2.45, 2.75) is 24.8 Å². The first-order chi connectivity index (χ1) is 9.70. The fraction of sp³-hybridized carbons (Fsp3) is 0.231. The summed E-state index contributed by atoms with van der Waals surface area (Å²) in [6, 6.07) is 4.64. The Bertz CT molecular complexity index is 774. The Kier molecular flexibility index (Phi) is 4.27. The Morgan fingerprint density at radius 1 is 1.38 bits per heavy atom. The predicted octanol–water partition coefficient (Wildman–Crippen LogP) is 3.00. The minimum atomic E-state index is -3.96. The lowest BCUT2D eigenvalue weighted by atomic mass is 10.3. The molecule has 0 bridgehead atoms. The van der Waals surface area contributed by atoms with Crippen molar-refractivity contribution in [3.8, 4) is 0 Å². The van der Waals surface area contributed by atoms with Crippen molar-refractivity contribution in [3.63, 3.8) is 0 Å². The zero-order chi connectivity index (χ0) is 15.8. The zero-order valence-corrected chi connectivity index (χ0v) is 12.9. The average molecular weight is 333 g/mol. The molecule has 0 spiro atoms. The molecule has 0 aliphatic heterocycles. The molecule has 0 fully saturated rings. The number of aryl methyl sites for hydroxylation is 1. The highest BCUT2D eigenvalue weighted by Gasteiger charge is 2.24. The quantitative estimate of drug-likeness (QED) is 0.843. The van der Waals surface area contributed by atoms with Crippen LogP contribution in [0.25, 0.3) is 0 Å². The summed E-state index contributed by atoms with van der Waals surface area (Å²) >= 11 is 5.78. The van der Waals surface area contributed by atoms with E-state index >= 15 is 0 Å². The van der Waals surface area contributed by atoms with Crippen LogP contribution in [0, 0.1) is 12.7 Å². The van der Waals surface area contributed by atoms with Crippen molar-refractivity contribution < 1.29 is 17.2 Å². The minimum Gasteiger partial charge on any atom is -0.465 e. The number of nitrogens with two attached hydrogens (primary N) is 1. The molecular weight excluding hydrogens is 319 g/mol. The van der Waals surface area contributed by atoms with Crippen molar-refractivity contribution in [2.75, 3.05) is 5.73 Å². The smallest absolute Gasteiger partial charge is 0.242 e. The van der Waals surface area contributed by atoms with Gasteiger partial charge in [0.05, 0.1) is 16.8 Å². The number of rotatable bonds is 4. The number of halogens is 2. The first-order valence-electron chi connectivity index (χ1n) is 6.04. The number of hydrogen-bond acceptors (Lipinski definition) is 4. The van der Waals surface area contributed by atoms with Gasteiger partial charge in [-0.2, -0.15) is 0 Å². The molecule has 0 aliphatic rings. The lowest BCUT2D eigenvalue weighted by Gasteiger charge is -2.13. The van der Waals surface area contributed by atoms with Crippen LogP contribution in [-0.4, -0.2) is 8.42 Å². The fourth-order valence-corrected chi connectivity index (χ4v) is 3.55. The first kappa shape index (κ1) is 15.8. The van der Waals surface area contributed by atoms with E-state index in [0.29, 0.717) is 11.5 Å². The van der Waals surface area contributed by atoms with Gasteiger partial charge in [-0.1, -0.05) is 11.6 Å². The summed E-state index contributed by atoms with van der Waals surface area (Å²) in [6.07, 6.45) is 0. The Labute approximate surface area is 126 Å². The van der Waals surface area contributed by atoms with Crippen LogP contribution in [0.15, 0.2) is 33.6 Å². The van der Waals surface area contributed by atoms with Gasteiger partial charge in [0.1, 0.15) is 22.2 Å². The van der Waals surface area contributed by atoms with Gasteiger partial charge in [-0.3, -0.25) is 0 Å². The number of hydrogen-bond donors (Lipinski definition) is 2. The van der Waals surface area contributed by atoms with E-state index < -0.39 is 21.9 Å². The SMILES string of the molecule is Cc1ccc(C(C)NS(=O)(=O)c2cc(N)c(F)cc2Cl)o1. The van der Waals surface area contributed by atoms with Crippen LogP contribution in [0.4, 0.5) is 10.1 Å². The number of sulfonamides is 1. The zero-order valence-electron chi connectivity index (χ0n) is 11.4. The number of nitrogen functional groups attached to an aromatic ring is 1. The third kappa shape index (κ3) is 3.37. The molecule has 1 atom stereocenters. The van der Waals surface area contributed by atoms with Gasteiger partial charge < -0.3 is 10.2 Å². The topological polar surface area (TPSA) is 85.3 Å². The van der Waals surface area contributed by atoms with E-state index in [4.69, 9.17) is 21.8 Å². The second-order valence-electron chi connectivity index (χ2n) is 4.60. The number of furan rings is 1. The summed E-state index contributed by atoms with van der Waals surface area (Å²) in [5.74, 6) is 0.357. The second kappa shape index (κ2) is 5.67. The minimum absolute atomic E-state index is 0.239. The Morgan fingerprint density at radius 2 is 2.05 bits per heavy atom. The van der Waals surface area contributed by atoms with Crippen LogP contribution in [0.5, 0.6) is 0 Å². The number of benzene rings is 1. The van der Waals surface area contributed by atoms with Crippen LogP contribution < -0.4 is 10.5 Å². The Balaban J connectivity index is 2.32. The Morgan fingerprint density at radius 3 is 2.62 bits per heavy atom. The van der Waals surface area contributed by atoms with Gasteiger partial charge in [0.25, 0.3) is 0 Å². The summed E-state index contributed by atoms with van der Waals surface area (Å²) in [4.78, 5) is -0.279. The molecule has 2 aromatic rings. The lowest BCUT2D eigenvalue weighted by Crippen LogP contribution is -2.27. The predicted molar refractivity (Wildman–Crippen MR) is 78.0 cm³/mol.